The minimum Gasteiger partial charge on any atom is -0.317 e. The fourth-order valence-electron chi connectivity index (χ4n) is 2.45. The molecule has 1 unspecified atom stereocenters. The lowest BCUT2D eigenvalue weighted by atomic mass is 9.98. The Morgan fingerprint density at radius 3 is 3.18 bits per heavy atom. The lowest BCUT2D eigenvalue weighted by Gasteiger charge is -2.32. The minimum absolute atomic E-state index is 0.836. The molecule has 1 aromatic heterocycles. The third-order valence-electron chi connectivity index (χ3n) is 3.34. The van der Waals surface area contributed by atoms with Crippen LogP contribution >= 0.6 is 27.3 Å². The van der Waals surface area contributed by atoms with E-state index >= 15 is 0 Å². The first kappa shape index (κ1) is 13.5. The molecule has 2 nitrogen and oxygen atoms in total. The molecule has 4 heteroatoms. The molecule has 1 fully saturated rings. The Morgan fingerprint density at radius 1 is 1.59 bits per heavy atom. The molecule has 1 aromatic rings. The molecule has 0 aliphatic carbocycles. The van der Waals surface area contributed by atoms with Crippen LogP contribution in [0.5, 0.6) is 0 Å². The second-order valence-corrected chi connectivity index (χ2v) is 6.60. The summed E-state index contributed by atoms with van der Waals surface area (Å²) in [6.07, 6.45) is 2.73. The van der Waals surface area contributed by atoms with Gasteiger partial charge in [0.2, 0.25) is 0 Å². The zero-order valence-corrected chi connectivity index (χ0v) is 12.8. The number of piperidine rings is 1. The Bertz CT molecular complexity index is 340. The van der Waals surface area contributed by atoms with E-state index in [1.807, 2.05) is 11.3 Å². The second-order valence-electron chi connectivity index (χ2n) is 4.74. The summed E-state index contributed by atoms with van der Waals surface area (Å²) in [5, 5.41) is 5.64. The average molecular weight is 317 g/mol. The second kappa shape index (κ2) is 6.88. The minimum atomic E-state index is 0.836. The van der Waals surface area contributed by atoms with Crippen molar-refractivity contribution in [3.8, 4) is 0 Å². The van der Waals surface area contributed by atoms with Crippen molar-refractivity contribution < 1.29 is 0 Å². The molecule has 0 radical (unpaired) electrons. The van der Waals surface area contributed by atoms with Crippen molar-refractivity contribution >= 4 is 27.3 Å². The van der Waals surface area contributed by atoms with E-state index in [-0.39, 0.29) is 0 Å². The first-order chi connectivity index (χ1) is 8.29. The summed E-state index contributed by atoms with van der Waals surface area (Å²) >= 11 is 5.48. The Morgan fingerprint density at radius 2 is 2.47 bits per heavy atom. The van der Waals surface area contributed by atoms with Crippen LogP contribution in [0.3, 0.4) is 0 Å². The molecular formula is C13H21BrN2S. The topological polar surface area (TPSA) is 15.3 Å². The van der Waals surface area contributed by atoms with Crippen molar-refractivity contribution in [1.29, 1.82) is 0 Å². The maximum atomic E-state index is 3.62. The molecule has 1 atom stereocenters. The molecule has 0 amide bonds. The van der Waals surface area contributed by atoms with E-state index < -0.39 is 0 Å². The normalized spacial score (nSPS) is 21.9. The van der Waals surface area contributed by atoms with E-state index in [0.717, 1.165) is 19.0 Å². The summed E-state index contributed by atoms with van der Waals surface area (Å²) in [5.74, 6) is 0.836. The van der Waals surface area contributed by atoms with Gasteiger partial charge in [-0.2, -0.15) is 0 Å². The molecule has 1 saturated heterocycles. The SMILES string of the molecule is CCNCC1CCCN(Cc2sccc2Br)C1. The largest absolute Gasteiger partial charge is 0.317 e. The van der Waals surface area contributed by atoms with Crippen LogP contribution in [0.2, 0.25) is 0 Å². The smallest absolute Gasteiger partial charge is 0.0339 e. The van der Waals surface area contributed by atoms with Crippen LogP contribution in [-0.2, 0) is 6.54 Å². The van der Waals surface area contributed by atoms with Crippen LogP contribution in [0.4, 0.5) is 0 Å². The van der Waals surface area contributed by atoms with E-state index in [0.29, 0.717) is 0 Å². The van der Waals surface area contributed by atoms with Crippen molar-refractivity contribution in [1.82, 2.24) is 10.2 Å². The Balaban J connectivity index is 1.83. The predicted molar refractivity (Wildman–Crippen MR) is 78.6 cm³/mol. The Labute approximate surface area is 117 Å². The van der Waals surface area contributed by atoms with Gasteiger partial charge in [0, 0.05) is 22.4 Å². The van der Waals surface area contributed by atoms with Gasteiger partial charge < -0.3 is 5.32 Å². The molecule has 2 heterocycles. The average Bonchev–Trinajstić information content (AvgIpc) is 2.73. The highest BCUT2D eigenvalue weighted by Gasteiger charge is 2.20. The fourth-order valence-corrected chi connectivity index (χ4v) is 3.97. The van der Waals surface area contributed by atoms with E-state index in [9.17, 15) is 0 Å². The molecule has 0 bridgehead atoms. The summed E-state index contributed by atoms with van der Waals surface area (Å²) in [6, 6.07) is 2.15. The number of hydrogen-bond donors (Lipinski definition) is 1. The number of halogens is 1. The lowest BCUT2D eigenvalue weighted by Crippen LogP contribution is -2.39. The highest BCUT2D eigenvalue weighted by atomic mass is 79.9. The number of hydrogen-bond acceptors (Lipinski definition) is 3. The number of thiophene rings is 1. The molecule has 1 aliphatic heterocycles. The molecule has 2 rings (SSSR count). The lowest BCUT2D eigenvalue weighted by molar-refractivity contribution is 0.167. The first-order valence-corrected chi connectivity index (χ1v) is 8.11. The van der Waals surface area contributed by atoms with Crippen molar-refractivity contribution in [2.45, 2.75) is 26.3 Å². The maximum Gasteiger partial charge on any atom is 0.0339 e. The van der Waals surface area contributed by atoms with E-state index in [1.165, 1.54) is 41.8 Å². The van der Waals surface area contributed by atoms with Gasteiger partial charge in [0.25, 0.3) is 0 Å². The number of likely N-dealkylation sites (tertiary alicyclic amines) is 1. The van der Waals surface area contributed by atoms with Crippen LogP contribution in [0.1, 0.15) is 24.6 Å². The molecule has 0 aromatic carbocycles. The monoisotopic (exact) mass is 316 g/mol. The number of nitrogens with zero attached hydrogens (tertiary/aromatic N) is 1. The van der Waals surface area contributed by atoms with Crippen LogP contribution in [0.25, 0.3) is 0 Å². The highest BCUT2D eigenvalue weighted by Crippen LogP contribution is 2.26. The van der Waals surface area contributed by atoms with Crippen molar-refractivity contribution in [3.05, 3.63) is 20.8 Å². The molecular weight excluding hydrogens is 296 g/mol. The summed E-state index contributed by atoms with van der Waals surface area (Å²) in [6.45, 7) is 8.07. The van der Waals surface area contributed by atoms with Crippen LogP contribution in [0, 0.1) is 5.92 Å². The van der Waals surface area contributed by atoms with E-state index in [2.05, 4.69) is 44.5 Å². The zero-order valence-electron chi connectivity index (χ0n) is 10.4. The summed E-state index contributed by atoms with van der Waals surface area (Å²) in [7, 11) is 0. The van der Waals surface area contributed by atoms with Crippen molar-refractivity contribution in [2.24, 2.45) is 5.92 Å². The first-order valence-electron chi connectivity index (χ1n) is 6.44. The maximum absolute atomic E-state index is 3.62. The van der Waals surface area contributed by atoms with Gasteiger partial charge in [-0.1, -0.05) is 6.92 Å². The zero-order chi connectivity index (χ0) is 12.1. The van der Waals surface area contributed by atoms with Crippen LogP contribution < -0.4 is 5.32 Å². The van der Waals surface area contributed by atoms with Gasteiger partial charge in [-0.25, -0.2) is 0 Å². The van der Waals surface area contributed by atoms with Crippen LogP contribution in [-0.4, -0.2) is 31.1 Å². The van der Waals surface area contributed by atoms with Gasteiger partial charge in [0.05, 0.1) is 0 Å². The quantitative estimate of drug-likeness (QED) is 0.896. The van der Waals surface area contributed by atoms with Crippen LogP contribution in [0.15, 0.2) is 15.9 Å². The van der Waals surface area contributed by atoms with Gasteiger partial charge in [-0.3, -0.25) is 4.90 Å². The molecule has 0 saturated carbocycles. The number of nitrogens with one attached hydrogen (secondary N) is 1. The molecule has 17 heavy (non-hydrogen) atoms. The van der Waals surface area contributed by atoms with Gasteiger partial charge >= 0.3 is 0 Å². The molecule has 1 aliphatic rings. The van der Waals surface area contributed by atoms with Gasteiger partial charge in [-0.05, 0) is 65.8 Å². The molecule has 96 valence electrons. The summed E-state index contributed by atoms with van der Waals surface area (Å²) < 4.78 is 1.27. The van der Waals surface area contributed by atoms with Gasteiger partial charge in [-0.15, -0.1) is 11.3 Å². The predicted octanol–water partition coefficient (Wildman–Crippen LogP) is 3.33. The summed E-state index contributed by atoms with van der Waals surface area (Å²) in [5.41, 5.74) is 0. The van der Waals surface area contributed by atoms with Gasteiger partial charge in [0.15, 0.2) is 0 Å². The van der Waals surface area contributed by atoms with E-state index in [4.69, 9.17) is 0 Å². The van der Waals surface area contributed by atoms with Crippen molar-refractivity contribution in [3.63, 3.8) is 0 Å². The third kappa shape index (κ3) is 4.05. The third-order valence-corrected chi connectivity index (χ3v) is 5.26. The van der Waals surface area contributed by atoms with Crippen molar-refractivity contribution in [2.75, 3.05) is 26.2 Å². The molecule has 0 spiro atoms. The number of rotatable bonds is 5. The molecule has 1 N–H and O–H groups in total. The highest BCUT2D eigenvalue weighted by molar-refractivity contribution is 9.10. The van der Waals surface area contributed by atoms with E-state index in [1.54, 1.807) is 0 Å². The standard InChI is InChI=1S/C13H21BrN2S/c1-2-15-8-11-4-3-6-16(9-11)10-13-12(14)5-7-17-13/h5,7,11,15H,2-4,6,8-10H2,1H3. The van der Waals surface area contributed by atoms with Gasteiger partial charge in [0.1, 0.15) is 0 Å². The fraction of sp³-hybridized carbons (Fsp3) is 0.692. The Hall–Kier alpha value is 0.100. The Kier molecular flexibility index (Phi) is 5.48. The summed E-state index contributed by atoms with van der Waals surface area (Å²) in [4.78, 5) is 4.07.